The monoisotopic (exact) mass is 261 g/mol. The Morgan fingerprint density at radius 1 is 1.28 bits per heavy atom. The molecule has 0 aliphatic rings. The first-order chi connectivity index (χ1) is 8.33. The Hall–Kier alpha value is -1.23. The van der Waals surface area contributed by atoms with Gasteiger partial charge in [0.2, 0.25) is 0 Å². The van der Waals surface area contributed by atoms with Crippen molar-refractivity contribution in [1.82, 2.24) is 5.32 Å². The topological polar surface area (TPSA) is 32.3 Å². The normalized spacial score (nSPS) is 15.4. The molecule has 0 spiro atoms. The lowest BCUT2D eigenvalue weighted by Gasteiger charge is -2.24. The van der Waals surface area contributed by atoms with Crippen LogP contribution in [0.15, 0.2) is 24.3 Å². The summed E-state index contributed by atoms with van der Waals surface area (Å²) in [5, 5.41) is 12.6. The zero-order valence-corrected chi connectivity index (χ0v) is 10.5. The number of phenolic OH excluding ortho intramolecular Hbond substituents is 1. The van der Waals surface area contributed by atoms with Crippen molar-refractivity contribution in [2.75, 3.05) is 0 Å². The average Bonchev–Trinajstić information content (AvgIpc) is 2.24. The van der Waals surface area contributed by atoms with E-state index >= 15 is 0 Å². The molecule has 0 saturated carbocycles. The molecule has 0 fully saturated rings. The van der Waals surface area contributed by atoms with Gasteiger partial charge in [0.25, 0.3) is 0 Å². The number of phenols is 1. The van der Waals surface area contributed by atoms with Gasteiger partial charge in [-0.2, -0.15) is 13.2 Å². The van der Waals surface area contributed by atoms with Gasteiger partial charge >= 0.3 is 6.18 Å². The fraction of sp³-hybridized carbons (Fsp3) is 0.538. The maximum atomic E-state index is 12.3. The maximum absolute atomic E-state index is 12.3. The fourth-order valence-corrected chi connectivity index (χ4v) is 1.96. The molecule has 0 aliphatic heterocycles. The highest BCUT2D eigenvalue weighted by Gasteiger charge is 2.30. The van der Waals surface area contributed by atoms with E-state index in [4.69, 9.17) is 0 Å². The number of para-hydroxylation sites is 1. The van der Waals surface area contributed by atoms with Crippen molar-refractivity contribution < 1.29 is 18.3 Å². The van der Waals surface area contributed by atoms with Crippen LogP contribution in [0.4, 0.5) is 13.2 Å². The number of alkyl halides is 3. The smallest absolute Gasteiger partial charge is 0.390 e. The third-order valence-electron chi connectivity index (χ3n) is 2.74. The number of halogens is 3. The Kier molecular flexibility index (Phi) is 5.02. The van der Waals surface area contributed by atoms with Crippen LogP contribution in [0.3, 0.4) is 0 Å². The molecule has 102 valence electrons. The summed E-state index contributed by atoms with van der Waals surface area (Å²) in [6.45, 7) is 3.36. The largest absolute Gasteiger partial charge is 0.508 e. The second kappa shape index (κ2) is 6.09. The molecule has 2 N–H and O–H groups in total. The van der Waals surface area contributed by atoms with Gasteiger partial charge in [0.15, 0.2) is 0 Å². The SMILES string of the molecule is CCC(NC(C)CC(F)(F)F)c1ccccc1O. The summed E-state index contributed by atoms with van der Waals surface area (Å²) >= 11 is 0. The lowest BCUT2D eigenvalue weighted by Crippen LogP contribution is -2.34. The molecule has 0 heterocycles. The number of aromatic hydroxyl groups is 1. The van der Waals surface area contributed by atoms with Crippen molar-refractivity contribution in [2.45, 2.75) is 44.9 Å². The van der Waals surface area contributed by atoms with Gasteiger partial charge in [0.1, 0.15) is 5.75 Å². The van der Waals surface area contributed by atoms with E-state index in [0.29, 0.717) is 12.0 Å². The van der Waals surface area contributed by atoms with Gasteiger partial charge in [-0.3, -0.25) is 0 Å². The molecule has 0 saturated heterocycles. The van der Waals surface area contributed by atoms with Crippen molar-refractivity contribution in [3.63, 3.8) is 0 Å². The first-order valence-electron chi connectivity index (χ1n) is 5.94. The van der Waals surface area contributed by atoms with E-state index in [1.165, 1.54) is 13.0 Å². The molecule has 1 aromatic carbocycles. The van der Waals surface area contributed by atoms with Gasteiger partial charge in [0.05, 0.1) is 6.42 Å². The Morgan fingerprint density at radius 2 is 1.89 bits per heavy atom. The van der Waals surface area contributed by atoms with Crippen LogP contribution in [0.25, 0.3) is 0 Å². The lowest BCUT2D eigenvalue weighted by molar-refractivity contribution is -0.139. The molecule has 1 rings (SSSR count). The van der Waals surface area contributed by atoms with Crippen LogP contribution in [-0.4, -0.2) is 17.3 Å². The van der Waals surface area contributed by atoms with E-state index in [9.17, 15) is 18.3 Å². The summed E-state index contributed by atoms with van der Waals surface area (Å²) in [6, 6.07) is 5.74. The standard InChI is InChI=1S/C13H18F3NO/c1-3-11(10-6-4-5-7-12(10)18)17-9(2)8-13(14,15)16/h4-7,9,11,17-18H,3,8H2,1-2H3. The highest BCUT2D eigenvalue weighted by Crippen LogP contribution is 2.28. The van der Waals surface area contributed by atoms with Gasteiger partial charge < -0.3 is 10.4 Å². The molecular formula is C13H18F3NO. The van der Waals surface area contributed by atoms with Crippen LogP contribution < -0.4 is 5.32 Å². The Balaban J connectivity index is 2.71. The molecular weight excluding hydrogens is 243 g/mol. The third kappa shape index (κ3) is 4.56. The summed E-state index contributed by atoms with van der Waals surface area (Å²) in [5.74, 6) is 0.107. The first kappa shape index (κ1) is 14.8. The zero-order chi connectivity index (χ0) is 13.8. The average molecular weight is 261 g/mol. The number of rotatable bonds is 5. The van der Waals surface area contributed by atoms with Crippen LogP contribution in [-0.2, 0) is 0 Å². The molecule has 0 bridgehead atoms. The zero-order valence-electron chi connectivity index (χ0n) is 10.5. The maximum Gasteiger partial charge on any atom is 0.390 e. The number of nitrogens with one attached hydrogen (secondary N) is 1. The van der Waals surface area contributed by atoms with Gasteiger partial charge in [-0.15, -0.1) is 0 Å². The van der Waals surface area contributed by atoms with Crippen molar-refractivity contribution in [1.29, 1.82) is 0 Å². The molecule has 0 radical (unpaired) electrons. The summed E-state index contributed by atoms with van der Waals surface area (Å²) < 4.78 is 36.8. The molecule has 0 amide bonds. The van der Waals surface area contributed by atoms with Crippen LogP contribution in [0.2, 0.25) is 0 Å². The number of hydrogen-bond donors (Lipinski definition) is 2. The van der Waals surface area contributed by atoms with Crippen LogP contribution in [0.5, 0.6) is 5.75 Å². The van der Waals surface area contributed by atoms with Crippen molar-refractivity contribution in [3.8, 4) is 5.75 Å². The second-order valence-electron chi connectivity index (χ2n) is 4.41. The van der Waals surface area contributed by atoms with Crippen LogP contribution in [0.1, 0.15) is 38.3 Å². The highest BCUT2D eigenvalue weighted by molar-refractivity contribution is 5.34. The van der Waals surface area contributed by atoms with Gasteiger partial charge in [-0.05, 0) is 19.4 Å². The predicted octanol–water partition coefficient (Wildman–Crippen LogP) is 3.77. The molecule has 0 aliphatic carbocycles. The van der Waals surface area contributed by atoms with E-state index < -0.39 is 18.6 Å². The summed E-state index contributed by atoms with van der Waals surface area (Å²) in [7, 11) is 0. The minimum absolute atomic E-state index is 0.107. The van der Waals surface area contributed by atoms with Crippen molar-refractivity contribution in [2.24, 2.45) is 0 Å². The van der Waals surface area contributed by atoms with E-state index in [2.05, 4.69) is 5.32 Å². The Morgan fingerprint density at radius 3 is 2.39 bits per heavy atom. The quantitative estimate of drug-likeness (QED) is 0.845. The van der Waals surface area contributed by atoms with E-state index in [0.717, 1.165) is 0 Å². The lowest BCUT2D eigenvalue weighted by atomic mass is 10.0. The molecule has 2 atom stereocenters. The molecule has 1 aromatic rings. The van der Waals surface area contributed by atoms with E-state index in [1.54, 1.807) is 18.2 Å². The van der Waals surface area contributed by atoms with Crippen LogP contribution in [0, 0.1) is 0 Å². The third-order valence-corrected chi connectivity index (χ3v) is 2.74. The summed E-state index contributed by atoms with van der Waals surface area (Å²) in [5.41, 5.74) is 0.633. The minimum atomic E-state index is -4.18. The van der Waals surface area contributed by atoms with E-state index in [1.807, 2.05) is 6.92 Å². The van der Waals surface area contributed by atoms with E-state index in [-0.39, 0.29) is 11.8 Å². The molecule has 5 heteroatoms. The molecule has 0 aromatic heterocycles. The molecule has 18 heavy (non-hydrogen) atoms. The summed E-state index contributed by atoms with van der Waals surface area (Å²) in [4.78, 5) is 0. The predicted molar refractivity (Wildman–Crippen MR) is 64.4 cm³/mol. The van der Waals surface area contributed by atoms with Gasteiger partial charge in [-0.25, -0.2) is 0 Å². The number of hydrogen-bond acceptors (Lipinski definition) is 2. The van der Waals surface area contributed by atoms with Crippen molar-refractivity contribution >= 4 is 0 Å². The number of benzene rings is 1. The van der Waals surface area contributed by atoms with Crippen LogP contribution >= 0.6 is 0 Å². The second-order valence-corrected chi connectivity index (χ2v) is 4.41. The Labute approximate surface area is 105 Å². The molecule has 2 unspecified atom stereocenters. The summed E-state index contributed by atoms with van der Waals surface area (Å²) in [6.07, 6.45) is -4.44. The fourth-order valence-electron chi connectivity index (χ4n) is 1.96. The van der Waals surface area contributed by atoms with Crippen molar-refractivity contribution in [3.05, 3.63) is 29.8 Å². The van der Waals surface area contributed by atoms with Gasteiger partial charge in [0, 0.05) is 17.6 Å². The molecule has 2 nitrogen and oxygen atoms in total. The van der Waals surface area contributed by atoms with Gasteiger partial charge in [-0.1, -0.05) is 25.1 Å². The minimum Gasteiger partial charge on any atom is -0.508 e. The first-order valence-corrected chi connectivity index (χ1v) is 5.94. The highest BCUT2D eigenvalue weighted by atomic mass is 19.4. The Bertz CT molecular complexity index is 379.